The zero-order valence-electron chi connectivity index (χ0n) is 8.31. The van der Waals surface area contributed by atoms with Crippen LogP contribution < -0.4 is 5.32 Å². The number of hydrogen-bond donors (Lipinski definition) is 1. The smallest absolute Gasteiger partial charge is 0.0480 e. The molecule has 0 saturated heterocycles. The molecule has 1 atom stereocenters. The minimum Gasteiger partial charge on any atom is -0.382 e. The van der Waals surface area contributed by atoms with Gasteiger partial charge in [0.15, 0.2) is 0 Å². The van der Waals surface area contributed by atoms with Crippen LogP contribution >= 0.6 is 0 Å². The summed E-state index contributed by atoms with van der Waals surface area (Å²) in [4.78, 5) is 0. The topological polar surface area (TPSA) is 21.3 Å². The summed E-state index contributed by atoms with van der Waals surface area (Å²) >= 11 is 0. The minimum absolute atomic E-state index is 0.684. The number of ether oxygens (including phenoxy) is 1. The van der Waals surface area contributed by atoms with Crippen molar-refractivity contribution < 1.29 is 4.74 Å². The Morgan fingerprint density at radius 3 is 2.75 bits per heavy atom. The summed E-state index contributed by atoms with van der Waals surface area (Å²) in [6.07, 6.45) is 5.42. The van der Waals surface area contributed by atoms with Gasteiger partial charge < -0.3 is 10.1 Å². The van der Waals surface area contributed by atoms with Crippen molar-refractivity contribution in [2.75, 3.05) is 20.3 Å². The molecule has 12 heavy (non-hydrogen) atoms. The Hall–Kier alpha value is -0.0800. The first-order valence-corrected chi connectivity index (χ1v) is 5.11. The number of rotatable bonds is 7. The Morgan fingerprint density at radius 1 is 1.50 bits per heavy atom. The highest BCUT2D eigenvalue weighted by Crippen LogP contribution is 2.33. The second-order valence-electron chi connectivity index (χ2n) is 3.65. The van der Waals surface area contributed by atoms with Gasteiger partial charge in [-0.2, -0.15) is 0 Å². The van der Waals surface area contributed by atoms with Gasteiger partial charge in [-0.25, -0.2) is 0 Å². The fraction of sp³-hybridized carbons (Fsp3) is 1.00. The van der Waals surface area contributed by atoms with Gasteiger partial charge in [0.25, 0.3) is 0 Å². The molecule has 0 aromatic heterocycles. The molecular weight excluding hydrogens is 150 g/mol. The van der Waals surface area contributed by atoms with E-state index in [0.29, 0.717) is 6.04 Å². The van der Waals surface area contributed by atoms with Crippen molar-refractivity contribution >= 4 is 0 Å². The van der Waals surface area contributed by atoms with Gasteiger partial charge >= 0.3 is 0 Å². The number of hydrogen-bond acceptors (Lipinski definition) is 2. The van der Waals surface area contributed by atoms with Crippen LogP contribution in [0.4, 0.5) is 0 Å². The van der Waals surface area contributed by atoms with Crippen LogP contribution in [0.2, 0.25) is 0 Å². The maximum absolute atomic E-state index is 5.33. The van der Waals surface area contributed by atoms with Crippen molar-refractivity contribution in [3.05, 3.63) is 0 Å². The first-order chi connectivity index (χ1) is 5.86. The average molecular weight is 171 g/mol. The van der Waals surface area contributed by atoms with E-state index in [2.05, 4.69) is 19.3 Å². The van der Waals surface area contributed by atoms with Gasteiger partial charge in [0, 0.05) is 19.3 Å². The molecular formula is C10H21NO. The third-order valence-electron chi connectivity index (χ3n) is 2.54. The molecule has 1 fully saturated rings. The van der Waals surface area contributed by atoms with E-state index in [4.69, 9.17) is 4.74 Å². The maximum atomic E-state index is 5.33. The van der Waals surface area contributed by atoms with Crippen molar-refractivity contribution in [1.29, 1.82) is 0 Å². The van der Waals surface area contributed by atoms with E-state index in [1.165, 1.54) is 25.7 Å². The maximum Gasteiger partial charge on any atom is 0.0480 e. The molecule has 2 nitrogen and oxygen atoms in total. The third kappa shape index (κ3) is 4.07. The van der Waals surface area contributed by atoms with E-state index < -0.39 is 0 Å². The molecule has 1 rings (SSSR count). The second-order valence-corrected chi connectivity index (χ2v) is 3.65. The first kappa shape index (κ1) is 10.0. The van der Waals surface area contributed by atoms with Gasteiger partial charge in [-0.15, -0.1) is 0 Å². The zero-order valence-corrected chi connectivity index (χ0v) is 8.31. The Kier molecular flexibility index (Phi) is 4.62. The van der Waals surface area contributed by atoms with Crippen LogP contribution in [0.5, 0.6) is 0 Å². The van der Waals surface area contributed by atoms with E-state index in [0.717, 1.165) is 19.1 Å². The Labute approximate surface area is 75.7 Å². The van der Waals surface area contributed by atoms with E-state index in [1.54, 1.807) is 0 Å². The molecule has 0 aromatic carbocycles. The lowest BCUT2D eigenvalue weighted by Crippen LogP contribution is -2.27. The monoisotopic (exact) mass is 171 g/mol. The first-order valence-electron chi connectivity index (χ1n) is 5.11. The van der Waals surface area contributed by atoms with E-state index >= 15 is 0 Å². The van der Waals surface area contributed by atoms with Gasteiger partial charge in [-0.3, -0.25) is 0 Å². The Balaban J connectivity index is 1.98. The van der Waals surface area contributed by atoms with Crippen molar-refractivity contribution in [3.63, 3.8) is 0 Å². The molecule has 0 heterocycles. The quantitative estimate of drug-likeness (QED) is 0.590. The molecule has 1 aliphatic carbocycles. The molecule has 72 valence electrons. The minimum atomic E-state index is 0.684. The zero-order chi connectivity index (χ0) is 8.81. The highest BCUT2D eigenvalue weighted by atomic mass is 16.5. The molecule has 0 spiro atoms. The molecule has 1 N–H and O–H groups in total. The predicted molar refractivity (Wildman–Crippen MR) is 51.3 cm³/mol. The van der Waals surface area contributed by atoms with E-state index in [9.17, 15) is 0 Å². The predicted octanol–water partition coefficient (Wildman–Crippen LogP) is 1.80. The van der Waals surface area contributed by atoms with Crippen LogP contribution in [0.15, 0.2) is 0 Å². The van der Waals surface area contributed by atoms with Crippen molar-refractivity contribution in [3.8, 4) is 0 Å². The SMILES string of the molecule is CCOCCC(CC1CC1)NC. The Bertz CT molecular complexity index is 112. The van der Waals surface area contributed by atoms with Gasteiger partial charge in [0.1, 0.15) is 0 Å². The van der Waals surface area contributed by atoms with Crippen molar-refractivity contribution in [1.82, 2.24) is 5.32 Å². The lowest BCUT2D eigenvalue weighted by atomic mass is 10.1. The summed E-state index contributed by atoms with van der Waals surface area (Å²) in [5.41, 5.74) is 0. The lowest BCUT2D eigenvalue weighted by molar-refractivity contribution is 0.135. The molecule has 0 aliphatic heterocycles. The summed E-state index contributed by atoms with van der Waals surface area (Å²) in [5, 5.41) is 3.35. The second kappa shape index (κ2) is 5.55. The summed E-state index contributed by atoms with van der Waals surface area (Å²) in [7, 11) is 2.05. The Morgan fingerprint density at radius 2 is 2.25 bits per heavy atom. The standard InChI is InChI=1S/C10H21NO/c1-3-12-7-6-10(11-2)8-9-4-5-9/h9-11H,3-8H2,1-2H3. The third-order valence-corrected chi connectivity index (χ3v) is 2.54. The van der Waals surface area contributed by atoms with Gasteiger partial charge in [0.2, 0.25) is 0 Å². The van der Waals surface area contributed by atoms with Crippen LogP contribution in [0.3, 0.4) is 0 Å². The lowest BCUT2D eigenvalue weighted by Gasteiger charge is -2.15. The highest BCUT2D eigenvalue weighted by molar-refractivity contribution is 4.79. The fourth-order valence-electron chi connectivity index (χ4n) is 1.51. The summed E-state index contributed by atoms with van der Waals surface area (Å²) in [5.74, 6) is 1.02. The van der Waals surface area contributed by atoms with Crippen molar-refractivity contribution in [2.45, 2.75) is 38.6 Å². The molecule has 0 aromatic rings. The van der Waals surface area contributed by atoms with Crippen LogP contribution in [0, 0.1) is 5.92 Å². The normalized spacial score (nSPS) is 19.5. The van der Waals surface area contributed by atoms with Gasteiger partial charge in [0.05, 0.1) is 0 Å². The van der Waals surface area contributed by atoms with E-state index in [-0.39, 0.29) is 0 Å². The molecule has 0 bridgehead atoms. The molecule has 1 aliphatic rings. The average Bonchev–Trinajstić information content (AvgIpc) is 2.87. The molecule has 1 saturated carbocycles. The fourth-order valence-corrected chi connectivity index (χ4v) is 1.51. The van der Waals surface area contributed by atoms with Crippen molar-refractivity contribution in [2.24, 2.45) is 5.92 Å². The summed E-state index contributed by atoms with van der Waals surface area (Å²) in [6, 6.07) is 0.684. The molecule has 0 amide bonds. The van der Waals surface area contributed by atoms with E-state index in [1.807, 2.05) is 0 Å². The van der Waals surface area contributed by atoms with Gasteiger partial charge in [-0.05, 0) is 32.7 Å². The number of nitrogens with one attached hydrogen (secondary N) is 1. The largest absolute Gasteiger partial charge is 0.382 e. The van der Waals surface area contributed by atoms with Gasteiger partial charge in [-0.1, -0.05) is 12.8 Å². The summed E-state index contributed by atoms with van der Waals surface area (Å²) in [6.45, 7) is 3.81. The molecule has 1 unspecified atom stereocenters. The molecule has 0 radical (unpaired) electrons. The highest BCUT2D eigenvalue weighted by Gasteiger charge is 2.24. The van der Waals surface area contributed by atoms with Crippen LogP contribution in [-0.4, -0.2) is 26.3 Å². The van der Waals surface area contributed by atoms with Crippen LogP contribution in [0.1, 0.15) is 32.6 Å². The molecule has 2 heteroatoms. The van der Waals surface area contributed by atoms with Crippen LogP contribution in [-0.2, 0) is 4.74 Å². The summed E-state index contributed by atoms with van der Waals surface area (Å²) < 4.78 is 5.33. The van der Waals surface area contributed by atoms with Crippen LogP contribution in [0.25, 0.3) is 0 Å².